The van der Waals surface area contributed by atoms with E-state index < -0.39 is 5.97 Å². The Morgan fingerprint density at radius 2 is 1.95 bits per heavy atom. The van der Waals surface area contributed by atoms with Gasteiger partial charge in [0.15, 0.2) is 0 Å². The highest BCUT2D eigenvalue weighted by molar-refractivity contribution is 8.00. The van der Waals surface area contributed by atoms with Crippen LogP contribution in [0.2, 0.25) is 5.02 Å². The molecule has 0 aliphatic carbocycles. The summed E-state index contributed by atoms with van der Waals surface area (Å²) in [5.74, 6) is -0.733. The summed E-state index contributed by atoms with van der Waals surface area (Å²) < 4.78 is 0. The molecule has 0 saturated carbocycles. The van der Waals surface area contributed by atoms with Crippen LogP contribution >= 0.6 is 23.4 Å². The van der Waals surface area contributed by atoms with Crippen LogP contribution in [0.1, 0.15) is 19.8 Å². The van der Waals surface area contributed by atoms with Gasteiger partial charge in [0, 0.05) is 28.3 Å². The Morgan fingerprint density at radius 1 is 1.37 bits per heavy atom. The molecule has 1 atom stereocenters. The summed E-state index contributed by atoms with van der Waals surface area (Å²) >= 11 is 7.73. The lowest BCUT2D eigenvalue weighted by atomic mass is 10.1. The predicted octanol–water partition coefficient (Wildman–Crippen LogP) is 3.37. The van der Waals surface area contributed by atoms with Gasteiger partial charge in [-0.15, -0.1) is 11.8 Å². The van der Waals surface area contributed by atoms with Gasteiger partial charge in [0.1, 0.15) is 6.04 Å². The molecule has 0 aromatic heterocycles. The second-order valence-corrected chi connectivity index (χ2v) is 6.63. The average Bonchev–Trinajstić information content (AvgIpc) is 2.41. The van der Waals surface area contributed by atoms with Gasteiger partial charge in [-0.1, -0.05) is 11.6 Å². The van der Waals surface area contributed by atoms with E-state index in [-0.39, 0.29) is 6.04 Å². The normalized spacial score (nSPS) is 19.3. The number of rotatable bonds is 4. The van der Waals surface area contributed by atoms with Crippen molar-refractivity contribution in [2.75, 3.05) is 13.1 Å². The molecule has 19 heavy (non-hydrogen) atoms. The zero-order chi connectivity index (χ0) is 13.8. The molecule has 2 rings (SSSR count). The molecule has 1 aliphatic rings. The van der Waals surface area contributed by atoms with E-state index in [1.165, 1.54) is 4.90 Å². The summed E-state index contributed by atoms with van der Waals surface area (Å²) in [6.07, 6.45) is 2.07. The first-order valence-corrected chi connectivity index (χ1v) is 7.71. The lowest BCUT2D eigenvalue weighted by molar-refractivity contribution is -0.142. The number of halogens is 1. The first kappa shape index (κ1) is 14.7. The maximum atomic E-state index is 10.9. The van der Waals surface area contributed by atoms with Crippen LogP contribution in [0.5, 0.6) is 0 Å². The zero-order valence-electron chi connectivity index (χ0n) is 10.9. The first-order valence-electron chi connectivity index (χ1n) is 6.45. The summed E-state index contributed by atoms with van der Waals surface area (Å²) in [6, 6.07) is 7.52. The van der Waals surface area contributed by atoms with E-state index in [1.54, 1.807) is 6.92 Å². The van der Waals surface area contributed by atoms with Crippen LogP contribution < -0.4 is 0 Å². The Labute approximate surface area is 122 Å². The second kappa shape index (κ2) is 6.64. The minimum atomic E-state index is -0.733. The molecule has 1 fully saturated rings. The van der Waals surface area contributed by atoms with Crippen LogP contribution in [0.4, 0.5) is 0 Å². The van der Waals surface area contributed by atoms with Crippen molar-refractivity contribution in [2.45, 2.75) is 36.0 Å². The number of aliphatic carboxylic acids is 1. The van der Waals surface area contributed by atoms with E-state index in [4.69, 9.17) is 16.7 Å². The number of carboxylic acid groups (broad SMARTS) is 1. The molecule has 3 nitrogen and oxygen atoms in total. The molecule has 1 N–H and O–H groups in total. The molecule has 1 aromatic rings. The molecular formula is C14H18ClNO2S. The SMILES string of the molecule is CC(C(=O)O)N1CCC(Sc2ccc(Cl)cc2)CC1. The van der Waals surface area contributed by atoms with Gasteiger partial charge in [0.05, 0.1) is 0 Å². The van der Waals surface area contributed by atoms with E-state index in [2.05, 4.69) is 0 Å². The Bertz CT molecular complexity index is 430. The number of benzene rings is 1. The molecule has 1 unspecified atom stereocenters. The topological polar surface area (TPSA) is 40.5 Å². The highest BCUT2D eigenvalue weighted by Gasteiger charge is 2.26. The van der Waals surface area contributed by atoms with E-state index in [0.29, 0.717) is 5.25 Å². The molecule has 1 aromatic carbocycles. The Balaban J connectivity index is 1.83. The van der Waals surface area contributed by atoms with Crippen molar-refractivity contribution in [2.24, 2.45) is 0 Å². The lowest BCUT2D eigenvalue weighted by Crippen LogP contribution is -2.44. The van der Waals surface area contributed by atoms with Gasteiger partial charge in [0.25, 0.3) is 0 Å². The third kappa shape index (κ3) is 4.13. The quantitative estimate of drug-likeness (QED) is 0.925. The van der Waals surface area contributed by atoms with Crippen molar-refractivity contribution in [1.82, 2.24) is 4.90 Å². The Hall–Kier alpha value is -0.710. The monoisotopic (exact) mass is 299 g/mol. The number of carbonyl (C=O) groups is 1. The van der Waals surface area contributed by atoms with Crippen LogP contribution in [0.15, 0.2) is 29.2 Å². The summed E-state index contributed by atoms with van der Waals surface area (Å²) in [5, 5.41) is 10.3. The van der Waals surface area contributed by atoms with Crippen molar-refractivity contribution in [3.63, 3.8) is 0 Å². The fraction of sp³-hybridized carbons (Fsp3) is 0.500. The van der Waals surface area contributed by atoms with Crippen LogP contribution in [0, 0.1) is 0 Å². The van der Waals surface area contributed by atoms with Crippen LogP contribution in [0.25, 0.3) is 0 Å². The van der Waals surface area contributed by atoms with Gasteiger partial charge in [-0.2, -0.15) is 0 Å². The van der Waals surface area contributed by atoms with Gasteiger partial charge < -0.3 is 5.11 Å². The van der Waals surface area contributed by atoms with Crippen LogP contribution in [-0.4, -0.2) is 40.4 Å². The minimum absolute atomic E-state index is 0.374. The van der Waals surface area contributed by atoms with E-state index in [9.17, 15) is 4.79 Å². The fourth-order valence-electron chi connectivity index (χ4n) is 2.24. The molecule has 0 bridgehead atoms. The van der Waals surface area contributed by atoms with Crippen molar-refractivity contribution in [3.05, 3.63) is 29.3 Å². The maximum Gasteiger partial charge on any atom is 0.320 e. The molecular weight excluding hydrogens is 282 g/mol. The summed E-state index contributed by atoms with van der Waals surface area (Å²) in [4.78, 5) is 14.2. The Morgan fingerprint density at radius 3 is 2.47 bits per heavy atom. The number of hydrogen-bond donors (Lipinski definition) is 1. The molecule has 104 valence electrons. The molecule has 0 spiro atoms. The highest BCUT2D eigenvalue weighted by Crippen LogP contribution is 2.31. The van der Waals surface area contributed by atoms with Crippen LogP contribution in [0.3, 0.4) is 0 Å². The van der Waals surface area contributed by atoms with Crippen molar-refractivity contribution in [3.8, 4) is 0 Å². The highest BCUT2D eigenvalue weighted by atomic mass is 35.5. The molecule has 1 aliphatic heterocycles. The number of nitrogens with zero attached hydrogens (tertiary/aromatic N) is 1. The Kier molecular flexibility index (Phi) is 5.13. The van der Waals surface area contributed by atoms with Gasteiger partial charge in [0.2, 0.25) is 0 Å². The van der Waals surface area contributed by atoms with Crippen molar-refractivity contribution >= 4 is 29.3 Å². The number of carboxylic acids is 1. The average molecular weight is 300 g/mol. The van der Waals surface area contributed by atoms with E-state index in [0.717, 1.165) is 31.0 Å². The van der Waals surface area contributed by atoms with Crippen LogP contribution in [-0.2, 0) is 4.79 Å². The van der Waals surface area contributed by atoms with Gasteiger partial charge in [-0.3, -0.25) is 9.69 Å². The molecule has 5 heteroatoms. The number of piperidine rings is 1. The van der Waals surface area contributed by atoms with Crippen molar-refractivity contribution < 1.29 is 9.90 Å². The second-order valence-electron chi connectivity index (χ2n) is 4.82. The number of thioether (sulfide) groups is 1. The van der Waals surface area contributed by atoms with Gasteiger partial charge >= 0.3 is 5.97 Å². The first-order chi connectivity index (χ1) is 9.06. The number of likely N-dealkylation sites (tertiary alicyclic amines) is 1. The van der Waals surface area contributed by atoms with E-state index in [1.807, 2.05) is 40.9 Å². The third-order valence-electron chi connectivity index (χ3n) is 3.50. The van der Waals surface area contributed by atoms with Gasteiger partial charge in [-0.25, -0.2) is 0 Å². The van der Waals surface area contributed by atoms with Crippen molar-refractivity contribution in [1.29, 1.82) is 0 Å². The predicted molar refractivity (Wildman–Crippen MR) is 79.0 cm³/mol. The smallest absolute Gasteiger partial charge is 0.320 e. The summed E-state index contributed by atoms with van der Waals surface area (Å²) in [6.45, 7) is 3.48. The third-order valence-corrected chi connectivity index (χ3v) is 5.10. The minimum Gasteiger partial charge on any atom is -0.480 e. The van der Waals surface area contributed by atoms with E-state index >= 15 is 0 Å². The lowest BCUT2D eigenvalue weighted by Gasteiger charge is -2.33. The largest absolute Gasteiger partial charge is 0.480 e. The maximum absolute atomic E-state index is 10.9. The molecule has 0 radical (unpaired) electrons. The standard InChI is InChI=1S/C14H18ClNO2S/c1-10(14(17)18)16-8-6-13(7-9-16)19-12-4-2-11(15)3-5-12/h2-5,10,13H,6-9H2,1H3,(H,17,18). The number of hydrogen-bond acceptors (Lipinski definition) is 3. The fourth-order valence-corrected chi connectivity index (χ4v) is 3.49. The summed E-state index contributed by atoms with van der Waals surface area (Å²) in [7, 11) is 0. The van der Waals surface area contributed by atoms with Gasteiger partial charge in [-0.05, 0) is 44.0 Å². The molecule has 1 saturated heterocycles. The molecule has 1 heterocycles. The molecule has 0 amide bonds. The zero-order valence-corrected chi connectivity index (χ0v) is 12.5. The summed E-state index contributed by atoms with van der Waals surface area (Å²) in [5.41, 5.74) is 0.